The molecule has 0 radical (unpaired) electrons. The van der Waals surface area contributed by atoms with Crippen molar-refractivity contribution < 1.29 is 9.53 Å². The van der Waals surface area contributed by atoms with Crippen molar-refractivity contribution in [3.63, 3.8) is 0 Å². The van der Waals surface area contributed by atoms with Crippen molar-refractivity contribution in [2.24, 2.45) is 0 Å². The van der Waals surface area contributed by atoms with E-state index < -0.39 is 0 Å². The number of rotatable bonds is 2. The molecule has 0 bridgehead atoms. The van der Waals surface area contributed by atoms with E-state index in [1.54, 1.807) is 6.07 Å². The molecule has 0 saturated heterocycles. The normalized spacial score (nSPS) is 11.3. The zero-order valence-corrected chi connectivity index (χ0v) is 15.3. The van der Waals surface area contributed by atoms with Gasteiger partial charge in [-0.3, -0.25) is 0 Å². The number of carbonyl (C=O) groups excluding carboxylic acids is 1. The van der Waals surface area contributed by atoms with Gasteiger partial charge in [0.15, 0.2) is 0 Å². The molecule has 21 heavy (non-hydrogen) atoms. The van der Waals surface area contributed by atoms with Gasteiger partial charge in [-0.15, -0.1) is 0 Å². The Balaban J connectivity index is 2.36. The molecule has 0 aliphatic rings. The number of benzene rings is 2. The molecule has 2 rings (SSSR count). The Hall–Kier alpha value is -1.13. The van der Waals surface area contributed by atoms with Crippen LogP contribution in [0.15, 0.2) is 51.4 Å². The second kappa shape index (κ2) is 6.32. The van der Waals surface area contributed by atoms with Crippen LogP contribution in [0.4, 0.5) is 0 Å². The summed E-state index contributed by atoms with van der Waals surface area (Å²) < 4.78 is 7.30. The van der Waals surface area contributed by atoms with Crippen LogP contribution < -0.4 is 4.74 Å². The van der Waals surface area contributed by atoms with Gasteiger partial charge in [-0.1, -0.05) is 48.8 Å². The van der Waals surface area contributed by atoms with Gasteiger partial charge in [-0.2, -0.15) is 0 Å². The van der Waals surface area contributed by atoms with Crippen LogP contribution in [0, 0.1) is 0 Å². The van der Waals surface area contributed by atoms with Crippen molar-refractivity contribution in [3.8, 4) is 5.75 Å². The quantitative estimate of drug-likeness (QED) is 0.466. The fraction of sp³-hybridized carbons (Fsp3) is 0.235. The summed E-state index contributed by atoms with van der Waals surface area (Å²) in [7, 11) is 0. The fourth-order valence-electron chi connectivity index (χ4n) is 1.96. The lowest BCUT2D eigenvalue weighted by molar-refractivity contribution is 0.0731. The van der Waals surface area contributed by atoms with Crippen LogP contribution in [0.1, 0.15) is 36.7 Å². The van der Waals surface area contributed by atoms with Crippen LogP contribution in [0.3, 0.4) is 0 Å². The predicted molar refractivity (Wildman–Crippen MR) is 91.9 cm³/mol. The van der Waals surface area contributed by atoms with Crippen LogP contribution in [-0.2, 0) is 5.41 Å². The maximum absolute atomic E-state index is 12.3. The zero-order valence-electron chi connectivity index (χ0n) is 12.1. The van der Waals surface area contributed by atoms with Gasteiger partial charge in [0.25, 0.3) is 0 Å². The van der Waals surface area contributed by atoms with Crippen LogP contribution in [0.5, 0.6) is 5.75 Å². The molecule has 0 saturated carbocycles. The molecule has 4 heteroatoms. The first-order valence-corrected chi connectivity index (χ1v) is 8.14. The molecule has 0 atom stereocenters. The zero-order chi connectivity index (χ0) is 15.6. The topological polar surface area (TPSA) is 26.3 Å². The number of halogens is 2. The molecule has 0 amide bonds. The molecule has 0 spiro atoms. The van der Waals surface area contributed by atoms with E-state index in [-0.39, 0.29) is 11.4 Å². The van der Waals surface area contributed by atoms with Crippen molar-refractivity contribution in [3.05, 3.63) is 62.5 Å². The molecule has 0 aromatic heterocycles. The van der Waals surface area contributed by atoms with Crippen molar-refractivity contribution >= 4 is 37.8 Å². The Morgan fingerprint density at radius 1 is 1.05 bits per heavy atom. The monoisotopic (exact) mass is 410 g/mol. The highest BCUT2D eigenvalue weighted by molar-refractivity contribution is 9.10. The van der Waals surface area contributed by atoms with Gasteiger partial charge in [-0.25, -0.2) is 4.79 Å². The largest absolute Gasteiger partial charge is 0.423 e. The molecule has 0 N–H and O–H groups in total. The van der Waals surface area contributed by atoms with Gasteiger partial charge in [0, 0.05) is 14.5 Å². The van der Waals surface area contributed by atoms with Crippen LogP contribution in [0.2, 0.25) is 0 Å². The Labute approximate surface area is 141 Å². The summed E-state index contributed by atoms with van der Waals surface area (Å²) >= 11 is 6.84. The second-order valence-corrected chi connectivity index (χ2v) is 7.53. The summed E-state index contributed by atoms with van der Waals surface area (Å²) in [5.41, 5.74) is 1.38. The predicted octanol–water partition coefficient (Wildman–Crippen LogP) is 5.73. The number of hydrogen-bond acceptors (Lipinski definition) is 2. The van der Waals surface area contributed by atoms with Gasteiger partial charge in [-0.05, 0) is 51.7 Å². The second-order valence-electron chi connectivity index (χ2n) is 5.76. The van der Waals surface area contributed by atoms with E-state index in [9.17, 15) is 4.79 Å². The SMILES string of the molecule is CC(C)(C)c1cc(Br)ccc1OC(=O)c1ccccc1Br. The van der Waals surface area contributed by atoms with E-state index in [1.165, 1.54) is 0 Å². The highest BCUT2D eigenvalue weighted by Gasteiger charge is 2.22. The smallest absolute Gasteiger partial charge is 0.344 e. The molecule has 0 heterocycles. The Bertz CT molecular complexity index is 673. The number of hydrogen-bond donors (Lipinski definition) is 0. The van der Waals surface area contributed by atoms with Gasteiger partial charge in [0.2, 0.25) is 0 Å². The van der Waals surface area contributed by atoms with Gasteiger partial charge in [0.1, 0.15) is 5.75 Å². The van der Waals surface area contributed by atoms with E-state index in [4.69, 9.17) is 4.74 Å². The molecule has 0 unspecified atom stereocenters. The molecule has 2 nitrogen and oxygen atoms in total. The van der Waals surface area contributed by atoms with Crippen molar-refractivity contribution in [1.29, 1.82) is 0 Å². The van der Waals surface area contributed by atoms with E-state index in [0.717, 1.165) is 14.5 Å². The Morgan fingerprint density at radius 3 is 2.33 bits per heavy atom. The molecular weight excluding hydrogens is 396 g/mol. The minimum absolute atomic E-state index is 0.118. The first-order valence-electron chi connectivity index (χ1n) is 6.56. The van der Waals surface area contributed by atoms with Crippen molar-refractivity contribution in [2.45, 2.75) is 26.2 Å². The highest BCUT2D eigenvalue weighted by atomic mass is 79.9. The maximum atomic E-state index is 12.3. The number of ether oxygens (including phenoxy) is 1. The molecule has 0 aliphatic carbocycles. The van der Waals surface area contributed by atoms with E-state index in [2.05, 4.69) is 52.6 Å². The minimum atomic E-state index is -0.365. The van der Waals surface area contributed by atoms with E-state index in [1.807, 2.05) is 36.4 Å². The van der Waals surface area contributed by atoms with Crippen molar-refractivity contribution in [1.82, 2.24) is 0 Å². The third-order valence-electron chi connectivity index (χ3n) is 3.05. The lowest BCUT2D eigenvalue weighted by Crippen LogP contribution is -2.16. The van der Waals surface area contributed by atoms with Crippen molar-refractivity contribution in [2.75, 3.05) is 0 Å². The van der Waals surface area contributed by atoms with Gasteiger partial charge >= 0.3 is 5.97 Å². The summed E-state index contributed by atoms with van der Waals surface area (Å²) in [5, 5.41) is 0. The number of carbonyl (C=O) groups is 1. The van der Waals surface area contributed by atoms with E-state index in [0.29, 0.717) is 11.3 Å². The summed E-state index contributed by atoms with van der Waals surface area (Å²) in [5.74, 6) is 0.224. The lowest BCUT2D eigenvalue weighted by atomic mass is 9.86. The minimum Gasteiger partial charge on any atom is -0.423 e. The maximum Gasteiger partial charge on any atom is 0.344 e. The molecule has 2 aromatic carbocycles. The molecule has 0 aliphatic heterocycles. The molecular formula is C17H16Br2O2. The van der Waals surface area contributed by atoms with Crippen LogP contribution in [-0.4, -0.2) is 5.97 Å². The van der Waals surface area contributed by atoms with Crippen LogP contribution in [0.25, 0.3) is 0 Å². The molecule has 0 fully saturated rings. The average Bonchev–Trinajstić information content (AvgIpc) is 2.40. The first kappa shape index (κ1) is 16.2. The van der Waals surface area contributed by atoms with Crippen LogP contribution >= 0.6 is 31.9 Å². The third kappa shape index (κ3) is 3.95. The lowest BCUT2D eigenvalue weighted by Gasteiger charge is -2.22. The summed E-state index contributed by atoms with van der Waals surface area (Å²) in [6.07, 6.45) is 0. The Kier molecular flexibility index (Phi) is 4.89. The fourth-order valence-corrected chi connectivity index (χ4v) is 2.77. The first-order chi connectivity index (χ1) is 9.79. The molecule has 2 aromatic rings. The van der Waals surface area contributed by atoms with E-state index >= 15 is 0 Å². The highest BCUT2D eigenvalue weighted by Crippen LogP contribution is 2.34. The van der Waals surface area contributed by atoms with Gasteiger partial charge < -0.3 is 4.74 Å². The Morgan fingerprint density at radius 2 is 1.71 bits per heavy atom. The summed E-state index contributed by atoms with van der Waals surface area (Å²) in [4.78, 5) is 12.3. The summed E-state index contributed by atoms with van der Waals surface area (Å²) in [6, 6.07) is 12.9. The average molecular weight is 412 g/mol. The molecule has 110 valence electrons. The summed E-state index contributed by atoms with van der Waals surface area (Å²) in [6.45, 7) is 6.26. The standard InChI is InChI=1S/C17H16Br2O2/c1-17(2,3)13-10-11(18)8-9-15(13)21-16(20)12-6-4-5-7-14(12)19/h4-10H,1-3H3. The van der Waals surface area contributed by atoms with Gasteiger partial charge in [0.05, 0.1) is 5.56 Å². The third-order valence-corrected chi connectivity index (χ3v) is 4.23. The number of esters is 1.